The number of benzene rings is 2. The van der Waals surface area contributed by atoms with Gasteiger partial charge in [0.25, 0.3) is 0 Å². The molecule has 4 nitrogen and oxygen atoms in total. The van der Waals surface area contributed by atoms with Crippen molar-refractivity contribution in [2.75, 3.05) is 0 Å². The summed E-state index contributed by atoms with van der Waals surface area (Å²) < 4.78 is 0. The summed E-state index contributed by atoms with van der Waals surface area (Å²) in [6, 6.07) is 38.6. The maximum absolute atomic E-state index is 5.44. The second-order valence-corrected chi connectivity index (χ2v) is 11.7. The molecule has 1 aliphatic heterocycles. The van der Waals surface area contributed by atoms with Gasteiger partial charge in [0.05, 0.1) is 57.6 Å². The van der Waals surface area contributed by atoms with Gasteiger partial charge in [-0.2, -0.15) is 0 Å². The van der Waals surface area contributed by atoms with Crippen LogP contribution in [-0.4, -0.2) is 19.9 Å². The number of hydrogen-bond donors (Lipinski definition) is 0. The van der Waals surface area contributed by atoms with Gasteiger partial charge in [0.2, 0.25) is 0 Å². The molecule has 5 heterocycles. The van der Waals surface area contributed by atoms with E-state index in [1.165, 1.54) is 33.4 Å². The minimum Gasteiger partial charge on any atom is -0.260 e. The van der Waals surface area contributed by atoms with Crippen LogP contribution in [-0.2, 0) is 0 Å². The molecule has 2 aromatic carbocycles. The van der Waals surface area contributed by atoms with E-state index in [2.05, 4.69) is 125 Å². The van der Waals surface area contributed by atoms with Gasteiger partial charge in [0.1, 0.15) is 0 Å². The Balaban J connectivity index is 1.56. The number of hydrogen-bond acceptors (Lipinski definition) is 4. The smallest absolute Gasteiger partial charge is 0.0858 e. The molecule has 0 amide bonds. The zero-order valence-electron chi connectivity index (χ0n) is 25.0. The van der Waals surface area contributed by atoms with E-state index in [9.17, 15) is 0 Å². The van der Waals surface area contributed by atoms with Gasteiger partial charge < -0.3 is 0 Å². The number of rotatable bonds is 3. The van der Waals surface area contributed by atoms with Crippen LogP contribution in [0.5, 0.6) is 0 Å². The van der Waals surface area contributed by atoms with Crippen molar-refractivity contribution in [1.29, 1.82) is 0 Å². The summed E-state index contributed by atoms with van der Waals surface area (Å²) in [4.78, 5) is 21.0. The molecular weight excluding hydrogens is 524 g/mol. The van der Waals surface area contributed by atoms with Crippen LogP contribution in [0.15, 0.2) is 115 Å². The third kappa shape index (κ3) is 5.03. The highest BCUT2D eigenvalue weighted by molar-refractivity contribution is 5.48. The summed E-state index contributed by atoms with van der Waals surface area (Å²) in [5.74, 6) is -0.475. The van der Waals surface area contributed by atoms with Crippen molar-refractivity contribution >= 4 is 0 Å². The summed E-state index contributed by atoms with van der Waals surface area (Å²) in [5, 5.41) is 0. The average Bonchev–Trinajstić information content (AvgIpc) is 3.01. The third-order valence-electron chi connectivity index (χ3n) is 8.61. The summed E-state index contributed by atoms with van der Waals surface area (Å²) >= 11 is 0. The van der Waals surface area contributed by atoms with Crippen molar-refractivity contribution in [3.8, 4) is 0 Å². The van der Waals surface area contributed by atoms with Crippen molar-refractivity contribution in [2.24, 2.45) is 0 Å². The first-order valence-corrected chi connectivity index (χ1v) is 14.9. The number of nitrogens with zero attached hydrogens (tertiary/aromatic N) is 4. The van der Waals surface area contributed by atoms with Crippen LogP contribution >= 0.6 is 0 Å². The van der Waals surface area contributed by atoms with Crippen molar-refractivity contribution in [1.82, 2.24) is 19.9 Å². The molecule has 0 saturated heterocycles. The van der Waals surface area contributed by atoms with Gasteiger partial charge >= 0.3 is 0 Å². The molecule has 0 fully saturated rings. The predicted molar refractivity (Wildman–Crippen MR) is 172 cm³/mol. The molecule has 43 heavy (non-hydrogen) atoms. The van der Waals surface area contributed by atoms with E-state index in [1.807, 2.05) is 18.3 Å². The molecule has 6 bridgehead atoms. The molecule has 2 unspecified atom stereocenters. The van der Waals surface area contributed by atoms with Gasteiger partial charge in [-0.25, -0.2) is 0 Å². The molecule has 7 rings (SSSR count). The fourth-order valence-corrected chi connectivity index (χ4v) is 6.61. The lowest BCUT2D eigenvalue weighted by molar-refractivity contribution is 0.759. The Hall–Kier alpha value is -4.96. The fraction of sp³-hybridized carbons (Fsp3) is 0.179. The summed E-state index contributed by atoms with van der Waals surface area (Å²) in [5.41, 5.74) is 14.1. The number of fused-ring (bicyclic) bond motifs is 6. The van der Waals surface area contributed by atoms with Gasteiger partial charge in [-0.1, -0.05) is 71.8 Å². The fourth-order valence-electron chi connectivity index (χ4n) is 6.61. The standard InChI is InChI=1S/C39H34N4/c1-24-17-19-28(26(3)22-24)37-31-11-7-12-32(41-31)38(29-20-18-25(2)23-27(29)4)34-14-9-16-36(43-34)39(30-10-5-6-21-40-30)35-15-8-13-33(37)42-35/h5-23,37-39H,1-4H3. The second kappa shape index (κ2) is 11.0. The minimum absolute atomic E-state index is 0.129. The Morgan fingerprint density at radius 2 is 0.791 bits per heavy atom. The molecule has 210 valence electrons. The highest BCUT2D eigenvalue weighted by Gasteiger charge is 2.30. The first-order valence-electron chi connectivity index (χ1n) is 14.9. The van der Waals surface area contributed by atoms with Crippen LogP contribution in [0.2, 0.25) is 0 Å². The highest BCUT2D eigenvalue weighted by atomic mass is 14.8. The number of aromatic nitrogens is 4. The molecule has 4 heteroatoms. The molecule has 1 aliphatic rings. The number of aryl methyl sites for hydroxylation is 4. The first-order chi connectivity index (χ1) is 21.0. The van der Waals surface area contributed by atoms with E-state index in [0.29, 0.717) is 0 Å². The summed E-state index contributed by atoms with van der Waals surface area (Å²) in [6.07, 6.45) is 1.85. The van der Waals surface area contributed by atoms with Crippen LogP contribution in [0.1, 0.15) is 91.0 Å². The normalized spacial score (nSPS) is 17.5. The zero-order chi connectivity index (χ0) is 29.5. The number of pyridine rings is 4. The van der Waals surface area contributed by atoms with Gasteiger partial charge in [-0.05, 0) is 98.5 Å². The molecule has 0 aliphatic carbocycles. The molecule has 0 spiro atoms. The van der Waals surface area contributed by atoms with Crippen LogP contribution in [0.3, 0.4) is 0 Å². The van der Waals surface area contributed by atoms with Gasteiger partial charge in [0, 0.05) is 6.20 Å². The van der Waals surface area contributed by atoms with E-state index < -0.39 is 0 Å². The largest absolute Gasteiger partial charge is 0.260 e. The molecule has 2 atom stereocenters. The lowest BCUT2D eigenvalue weighted by atomic mass is 9.84. The Morgan fingerprint density at radius 3 is 1.16 bits per heavy atom. The van der Waals surface area contributed by atoms with Crippen molar-refractivity contribution in [3.05, 3.63) is 189 Å². The predicted octanol–water partition coefficient (Wildman–Crippen LogP) is 8.35. The zero-order valence-corrected chi connectivity index (χ0v) is 25.0. The van der Waals surface area contributed by atoms with Crippen LogP contribution in [0, 0.1) is 27.7 Å². The second-order valence-electron chi connectivity index (χ2n) is 11.7. The Morgan fingerprint density at radius 1 is 0.395 bits per heavy atom. The van der Waals surface area contributed by atoms with Crippen LogP contribution in [0.25, 0.3) is 0 Å². The van der Waals surface area contributed by atoms with Crippen molar-refractivity contribution < 1.29 is 0 Å². The maximum Gasteiger partial charge on any atom is 0.0858 e. The summed E-state index contributed by atoms with van der Waals surface area (Å²) in [6.45, 7) is 8.66. The van der Waals surface area contributed by atoms with E-state index in [1.54, 1.807) is 0 Å². The average molecular weight is 559 g/mol. The maximum atomic E-state index is 5.44. The van der Waals surface area contributed by atoms with Crippen LogP contribution < -0.4 is 0 Å². The van der Waals surface area contributed by atoms with E-state index in [0.717, 1.165) is 39.9 Å². The molecule has 0 saturated carbocycles. The lowest BCUT2D eigenvalue weighted by Crippen LogP contribution is -2.18. The van der Waals surface area contributed by atoms with Crippen LogP contribution in [0.4, 0.5) is 0 Å². The van der Waals surface area contributed by atoms with E-state index >= 15 is 0 Å². The summed E-state index contributed by atoms with van der Waals surface area (Å²) in [7, 11) is 0. The minimum atomic E-state index is -0.216. The van der Waals surface area contributed by atoms with Gasteiger partial charge in [-0.3, -0.25) is 19.9 Å². The molecule has 0 N–H and O–H groups in total. The SMILES string of the molecule is Cc1ccc(C2c3cccc(n3)C(c3ccccn3)c3cccc(n3)C(c3ccc(C)cc3C)c3cccc2n3)c(C)c1. The lowest BCUT2D eigenvalue weighted by Gasteiger charge is -2.26. The quantitative estimate of drug-likeness (QED) is 0.219. The molecular formula is C39H34N4. The molecule has 0 radical (unpaired) electrons. The Bertz CT molecular complexity index is 1830. The van der Waals surface area contributed by atoms with Gasteiger partial charge in [0.15, 0.2) is 0 Å². The highest BCUT2D eigenvalue weighted by Crippen LogP contribution is 2.39. The Kier molecular flexibility index (Phi) is 6.90. The van der Waals surface area contributed by atoms with E-state index in [4.69, 9.17) is 19.9 Å². The Labute approximate surface area is 253 Å². The monoisotopic (exact) mass is 558 g/mol. The first kappa shape index (κ1) is 26.9. The van der Waals surface area contributed by atoms with Gasteiger partial charge in [-0.15, -0.1) is 0 Å². The third-order valence-corrected chi connectivity index (χ3v) is 8.61. The molecule has 4 aromatic heterocycles. The van der Waals surface area contributed by atoms with E-state index in [-0.39, 0.29) is 17.8 Å². The van der Waals surface area contributed by atoms with Crippen molar-refractivity contribution in [2.45, 2.75) is 45.4 Å². The molecule has 6 aromatic rings. The topological polar surface area (TPSA) is 51.6 Å². The van der Waals surface area contributed by atoms with Crippen molar-refractivity contribution in [3.63, 3.8) is 0 Å².